The van der Waals surface area contributed by atoms with Gasteiger partial charge in [-0.3, -0.25) is 0 Å². The van der Waals surface area contributed by atoms with Crippen LogP contribution >= 0.6 is 0 Å². The number of nitriles is 11. The summed E-state index contributed by atoms with van der Waals surface area (Å²) in [6.07, 6.45) is -19.4. The highest BCUT2D eigenvalue weighted by Gasteiger charge is 2.45. The molecule has 5 aliphatic carbocycles. The molecule has 0 amide bonds. The van der Waals surface area contributed by atoms with E-state index in [1.807, 2.05) is 72.8 Å². The number of nitrogens with zero attached hydrogens (tertiary/aromatic N) is 27. The quantitative estimate of drug-likeness (QED) is 0.0900. The molecule has 0 saturated heterocycles. The predicted octanol–water partition coefficient (Wildman–Crippen LogP) is 24.6. The molecule has 5 heterocycles. The average molecular weight is 1940 g/mol. The van der Waals surface area contributed by atoms with Gasteiger partial charge < -0.3 is 0 Å². The van der Waals surface area contributed by atoms with Crippen LogP contribution in [-0.2, 0) is 24.7 Å². The summed E-state index contributed by atoms with van der Waals surface area (Å²) in [6, 6.07) is 70.6. The van der Waals surface area contributed by atoms with Crippen molar-refractivity contribution in [1.29, 1.82) is 57.9 Å². The Kier molecular flexibility index (Phi) is 25.6. The third-order valence-corrected chi connectivity index (χ3v) is 22.8. The molecule has 0 aliphatic heterocycles. The Bertz CT molecular complexity index is 9310. The number of hydrogen-bond acceptors (Lipinski definition) is 21. The largest absolute Gasteiger partial charge is 0.417 e. The summed E-state index contributed by atoms with van der Waals surface area (Å²) in [7, 11) is 0. The van der Waals surface area contributed by atoms with Crippen LogP contribution in [0.2, 0.25) is 0 Å². The van der Waals surface area contributed by atoms with E-state index >= 15 is 0 Å². The van der Waals surface area contributed by atoms with E-state index in [2.05, 4.69) is 78.9 Å². The molecule has 0 fully saturated rings. The minimum absolute atomic E-state index is 0.0240. The van der Waals surface area contributed by atoms with Crippen molar-refractivity contribution in [3.8, 4) is 156 Å². The lowest BCUT2D eigenvalue weighted by molar-refractivity contribution is -0.161. The van der Waals surface area contributed by atoms with Crippen molar-refractivity contribution in [3.63, 3.8) is 0 Å². The van der Waals surface area contributed by atoms with E-state index < -0.39 is 52.5 Å². The van der Waals surface area contributed by atoms with Gasteiger partial charge >= 0.3 is 24.7 Å². The highest BCUT2D eigenvalue weighted by molar-refractivity contribution is 6.08. The molecule has 147 heavy (non-hydrogen) atoms. The molecule has 15 aromatic rings. The number of allylic oxidation sites excluding steroid dienone is 5. The minimum atomic E-state index is -5.27. The fraction of sp³-hybridized carbons (Fsp3) is 0.0374. The van der Waals surface area contributed by atoms with Crippen molar-refractivity contribution < 1.29 is 57.1 Å². The summed E-state index contributed by atoms with van der Waals surface area (Å²) in [5, 5.41) is 103. The molecule has 0 atom stereocenters. The van der Waals surface area contributed by atoms with Crippen LogP contribution in [0, 0.1) is 170 Å². The number of fused-ring (bicyclic) bond motifs is 17. The molecule has 0 bridgehead atoms. The lowest BCUT2D eigenvalue weighted by Gasteiger charge is -2.16. The van der Waals surface area contributed by atoms with Crippen molar-refractivity contribution in [3.05, 3.63) is 422 Å². The molecule has 688 valence electrons. The van der Waals surface area contributed by atoms with E-state index in [9.17, 15) is 115 Å². The van der Waals surface area contributed by atoms with Crippen LogP contribution < -0.4 is 0 Å². The third kappa shape index (κ3) is 17.8. The van der Waals surface area contributed by atoms with Gasteiger partial charge in [0.05, 0.1) is 171 Å². The number of halogens is 13. The highest BCUT2D eigenvalue weighted by atomic mass is 19.4. The Morgan fingerprint density at radius 2 is 0.476 bits per heavy atom. The maximum atomic E-state index is 13.3. The number of aromatic nitrogens is 10. The Hall–Kier alpha value is -22.8. The van der Waals surface area contributed by atoms with Crippen LogP contribution in [0.1, 0.15) is 113 Å². The first kappa shape index (κ1) is 97.3. The van der Waals surface area contributed by atoms with E-state index in [4.69, 9.17) is 39.4 Å². The molecule has 27 nitrogen and oxygen atoms in total. The number of benzene rings is 10. The molecule has 10 aromatic carbocycles. The molecule has 0 saturated carbocycles. The maximum absolute atomic E-state index is 13.3. The van der Waals surface area contributed by atoms with Crippen LogP contribution in [0.5, 0.6) is 0 Å². The van der Waals surface area contributed by atoms with Crippen molar-refractivity contribution in [2.75, 3.05) is 0 Å². The second-order valence-corrected chi connectivity index (χ2v) is 30.8. The topological polar surface area (TPSA) is 417 Å². The van der Waals surface area contributed by atoms with Crippen molar-refractivity contribution in [1.82, 2.24) is 49.8 Å². The molecule has 5 aliphatic rings. The number of alkyl halides is 12. The van der Waals surface area contributed by atoms with Gasteiger partial charge in [-0.05, 0) is 134 Å². The summed E-state index contributed by atoms with van der Waals surface area (Å²) in [6.45, 7) is 43.5. The third-order valence-electron chi connectivity index (χ3n) is 22.8. The number of hydrogen-bond donors (Lipinski definition) is 0. The van der Waals surface area contributed by atoms with Gasteiger partial charge in [-0.25, -0.2) is 110 Å². The summed E-state index contributed by atoms with van der Waals surface area (Å²) >= 11 is 0. The highest BCUT2D eigenvalue weighted by Crippen LogP contribution is 2.53. The van der Waals surface area contributed by atoms with Crippen molar-refractivity contribution >= 4 is 55.6 Å². The Morgan fingerprint density at radius 3 is 0.762 bits per heavy atom. The van der Waals surface area contributed by atoms with Gasteiger partial charge in [0.1, 0.15) is 42.2 Å². The molecule has 0 unspecified atom stereocenters. The SMILES string of the molecule is [C-]#[N+]/C(C#N)=C1\c2ccc(-c3ccc(C(F)(F)F)cc3)cc2-c2nc(C#N)c(C#N)nc21.[C-]#[N+]/C(C#N)=C1\c2ccc(-c3ccc(F)cc3)cc2-c2nc(C#N)c(C#N)nc21.[C-]#[N+]/C(C#N)=C1\c2ccc(-c3ccc([N+]#[C-])cc3)cc2-c2nc(C#N)c(C#N)nc21.[C-]#[N+]/C(C#N)=C1\c2ccccc2-c2nc3cc(C(F)(F)F)c(C(F)(F)F)cc3nc21.[C-]#[N+]/C(C#N)=C1\c2ccccc2-c2nc3cc(C(F)(F)F)ccc3nc21. The van der Waals surface area contributed by atoms with Crippen molar-refractivity contribution in [2.24, 2.45) is 0 Å². The van der Waals surface area contributed by atoms with E-state index in [1.54, 1.807) is 133 Å². The van der Waals surface area contributed by atoms with Gasteiger partial charge in [0, 0.05) is 55.7 Å². The van der Waals surface area contributed by atoms with E-state index in [1.165, 1.54) is 30.3 Å². The summed E-state index contributed by atoms with van der Waals surface area (Å²) in [4.78, 5) is 62.1. The monoisotopic (exact) mass is 1940 g/mol. The fourth-order valence-corrected chi connectivity index (χ4v) is 16.4. The number of rotatable bonds is 3. The second-order valence-electron chi connectivity index (χ2n) is 30.8. The Labute approximate surface area is 819 Å². The van der Waals surface area contributed by atoms with Crippen LogP contribution in [0.4, 0.5) is 62.8 Å². The van der Waals surface area contributed by atoms with Gasteiger partial charge in [-0.2, -0.15) is 84.3 Å². The molecule has 40 heteroatoms. The Balaban J connectivity index is 0.000000131. The van der Waals surface area contributed by atoms with Gasteiger partial charge in [-0.15, -0.1) is 0 Å². The zero-order chi connectivity index (χ0) is 105. The average Bonchev–Trinajstić information content (AvgIpc) is 1.61. The van der Waals surface area contributed by atoms with E-state index in [-0.39, 0.29) is 142 Å². The minimum Gasteiger partial charge on any atom is -0.245 e. The van der Waals surface area contributed by atoms with E-state index in [0.717, 1.165) is 46.5 Å². The Morgan fingerprint density at radius 1 is 0.231 bits per heavy atom. The molecular weight excluding hydrogens is 1910 g/mol. The van der Waals surface area contributed by atoms with E-state index in [0.29, 0.717) is 112 Å². The van der Waals surface area contributed by atoms with Gasteiger partial charge in [0.25, 0.3) is 28.5 Å². The first-order chi connectivity index (χ1) is 70.6. The first-order valence-electron chi connectivity index (χ1n) is 41.3. The normalized spacial score (nSPS) is 13.4. The predicted molar refractivity (Wildman–Crippen MR) is 494 cm³/mol. The lowest BCUT2D eigenvalue weighted by Crippen LogP contribution is -2.17. The van der Waals surface area contributed by atoms with Gasteiger partial charge in [0.2, 0.25) is 0 Å². The van der Waals surface area contributed by atoms with Gasteiger partial charge in [0.15, 0.2) is 39.9 Å². The van der Waals surface area contributed by atoms with Crippen molar-refractivity contribution in [2.45, 2.75) is 24.7 Å². The van der Waals surface area contributed by atoms with Crippen LogP contribution in [0.15, 0.2) is 235 Å². The maximum Gasteiger partial charge on any atom is 0.417 e. The molecular formula is C107H34F13N27. The smallest absolute Gasteiger partial charge is 0.245 e. The summed E-state index contributed by atoms with van der Waals surface area (Å²) < 4.78 is 170. The van der Waals surface area contributed by atoms with Crippen LogP contribution in [0.3, 0.4) is 0 Å². The summed E-state index contributed by atoms with van der Waals surface area (Å²) in [5.41, 5.74) is 5.87. The zero-order valence-corrected chi connectivity index (χ0v) is 73.1. The molecule has 0 N–H and O–H groups in total. The standard InChI is InChI=1S/C23H7F3N6.C23H7N7.C22H7FN6.C20H6F6N4.C19H7F3N4/c1-30-19(11-29)20-15-7-4-13(12-2-5-14(6-3-12)23(24,25)26)8-16(15)21-22(20)32-18(10-28)17(9-27)31-21;1-27-15-6-3-13(4-7-15)14-5-8-16-17(9-14)22-23(21(16)20(12-26)28-2)30-19(11-25)18(10-24)29-22;1-27-19(11-26)20-15-7-4-13(12-2-5-14(23)6-3-12)8-16(15)21-22(20)29-18(10-25)17(9-24)28-21;1-28-15(8-27)16-9-4-2-3-5-10(9)17-18(16)30-14-7-12(20(24,25)26)11(19(21,22)23)6-13(14)29-17;1-24-15(9-23)16-11-4-2-3-5-12(11)17-18(16)25-13-7-6-10(19(20,21)22)8-14(13)26-17/h2-8H;3-9H;2-8H;2-7H;2-8H/b20-19+;21-20+;20-19+;2*16-15+. The van der Waals surface area contributed by atoms with Gasteiger partial charge in [-0.1, -0.05) is 133 Å². The lowest BCUT2D eigenvalue weighted by atomic mass is 9.97. The zero-order valence-electron chi connectivity index (χ0n) is 73.1. The molecule has 20 rings (SSSR count). The second kappa shape index (κ2) is 38.7. The molecule has 5 aromatic heterocycles. The van der Waals surface area contributed by atoms with Crippen LogP contribution in [-0.4, -0.2) is 49.8 Å². The van der Waals surface area contributed by atoms with Crippen LogP contribution in [0.25, 0.3) is 169 Å². The summed E-state index contributed by atoms with van der Waals surface area (Å²) in [5.74, 6) is -0.352. The molecule has 0 spiro atoms. The molecule has 0 radical (unpaired) electrons. The first-order valence-corrected chi connectivity index (χ1v) is 41.3. The fourth-order valence-electron chi connectivity index (χ4n) is 16.4.